The van der Waals surface area contributed by atoms with E-state index in [9.17, 15) is 4.39 Å². The van der Waals surface area contributed by atoms with Gasteiger partial charge in [0.2, 0.25) is 5.95 Å². The number of pyridine rings is 1. The Morgan fingerprint density at radius 2 is 2.31 bits per heavy atom. The summed E-state index contributed by atoms with van der Waals surface area (Å²) >= 11 is 3.25. The minimum atomic E-state index is -0.442. The molecule has 0 unspecified atom stereocenters. The average molecular weight is 245 g/mol. The van der Waals surface area contributed by atoms with E-state index in [1.807, 2.05) is 0 Å². The fourth-order valence-electron chi connectivity index (χ4n) is 1.38. The molecule has 2 nitrogen and oxygen atoms in total. The lowest BCUT2D eigenvalue weighted by Gasteiger charge is -2.10. The third-order valence-corrected chi connectivity index (χ3v) is 2.76. The van der Waals surface area contributed by atoms with Crippen LogP contribution in [0.2, 0.25) is 0 Å². The topological polar surface area (TPSA) is 38.9 Å². The summed E-state index contributed by atoms with van der Waals surface area (Å²) in [6.45, 7) is 0. The van der Waals surface area contributed by atoms with Gasteiger partial charge in [0.25, 0.3) is 0 Å². The Bertz CT molecular complexity index is 325. The summed E-state index contributed by atoms with van der Waals surface area (Å²) in [5.74, 6) is 0.00759. The molecule has 70 valence electrons. The van der Waals surface area contributed by atoms with Crippen LogP contribution in [0.25, 0.3) is 0 Å². The summed E-state index contributed by atoms with van der Waals surface area (Å²) in [6.07, 6.45) is 3.65. The Labute approximate surface area is 84.5 Å². The van der Waals surface area contributed by atoms with E-state index in [0.717, 1.165) is 17.3 Å². The van der Waals surface area contributed by atoms with Crippen LogP contribution in [-0.2, 0) is 0 Å². The molecule has 1 aliphatic carbocycles. The van der Waals surface area contributed by atoms with Crippen molar-refractivity contribution in [1.82, 2.24) is 4.98 Å². The van der Waals surface area contributed by atoms with Crippen LogP contribution in [0.4, 0.5) is 4.39 Å². The van der Waals surface area contributed by atoms with Crippen molar-refractivity contribution in [2.24, 2.45) is 11.7 Å². The minimum absolute atomic E-state index is 0.190. The molecule has 0 bridgehead atoms. The maximum atomic E-state index is 13.2. The smallest absolute Gasteiger partial charge is 0.217 e. The predicted molar refractivity (Wildman–Crippen MR) is 51.5 cm³/mol. The van der Waals surface area contributed by atoms with Crippen molar-refractivity contribution in [2.45, 2.75) is 18.9 Å². The van der Waals surface area contributed by atoms with Gasteiger partial charge in [-0.1, -0.05) is 0 Å². The van der Waals surface area contributed by atoms with Gasteiger partial charge in [-0.15, -0.1) is 0 Å². The number of rotatable bonds is 2. The van der Waals surface area contributed by atoms with E-state index in [0.29, 0.717) is 11.5 Å². The van der Waals surface area contributed by atoms with Crippen molar-refractivity contribution < 1.29 is 4.39 Å². The van der Waals surface area contributed by atoms with Crippen LogP contribution in [0.15, 0.2) is 16.7 Å². The van der Waals surface area contributed by atoms with Gasteiger partial charge >= 0.3 is 0 Å². The normalized spacial score (nSPS) is 18.7. The first-order valence-electron chi connectivity index (χ1n) is 4.25. The number of nitrogens with zero attached hydrogens (tertiary/aromatic N) is 1. The Kier molecular flexibility index (Phi) is 2.34. The first-order valence-corrected chi connectivity index (χ1v) is 5.04. The highest BCUT2D eigenvalue weighted by atomic mass is 79.9. The van der Waals surface area contributed by atoms with E-state index in [1.54, 1.807) is 6.07 Å². The molecule has 1 saturated carbocycles. The largest absolute Gasteiger partial charge is 0.324 e. The third kappa shape index (κ3) is 1.89. The van der Waals surface area contributed by atoms with Gasteiger partial charge < -0.3 is 5.73 Å². The van der Waals surface area contributed by atoms with E-state index in [-0.39, 0.29) is 6.04 Å². The number of aromatic nitrogens is 1. The molecular weight excluding hydrogens is 235 g/mol. The van der Waals surface area contributed by atoms with Gasteiger partial charge in [0.15, 0.2) is 0 Å². The summed E-state index contributed by atoms with van der Waals surface area (Å²) < 4.78 is 14.0. The van der Waals surface area contributed by atoms with E-state index < -0.39 is 5.95 Å². The Morgan fingerprint density at radius 3 is 2.92 bits per heavy atom. The zero-order chi connectivity index (χ0) is 9.42. The lowest BCUT2D eigenvalue weighted by atomic mass is 10.1. The first-order chi connectivity index (χ1) is 6.18. The molecule has 1 aromatic heterocycles. The van der Waals surface area contributed by atoms with Gasteiger partial charge in [0, 0.05) is 22.3 Å². The van der Waals surface area contributed by atoms with Crippen LogP contribution in [0.3, 0.4) is 0 Å². The van der Waals surface area contributed by atoms with Crippen LogP contribution in [0.5, 0.6) is 0 Å². The standard InChI is InChI=1S/C9H10BrFN2/c10-6-3-7(9(11)13-4-6)8(12)5-1-2-5/h3-5,8H,1-2,12H2/t8-/m0/s1. The van der Waals surface area contributed by atoms with Gasteiger partial charge in [-0.3, -0.25) is 0 Å². The molecule has 4 heteroatoms. The quantitative estimate of drug-likeness (QED) is 0.812. The molecule has 0 radical (unpaired) electrons. The second-order valence-corrected chi connectivity index (χ2v) is 4.31. The Balaban J connectivity index is 2.31. The van der Waals surface area contributed by atoms with Crippen molar-refractivity contribution in [3.8, 4) is 0 Å². The molecule has 1 heterocycles. The Morgan fingerprint density at radius 1 is 1.62 bits per heavy atom. The van der Waals surface area contributed by atoms with Crippen molar-refractivity contribution in [2.75, 3.05) is 0 Å². The molecule has 2 rings (SSSR count). The van der Waals surface area contributed by atoms with E-state index in [2.05, 4.69) is 20.9 Å². The van der Waals surface area contributed by atoms with Crippen LogP contribution < -0.4 is 5.73 Å². The number of hydrogen-bond acceptors (Lipinski definition) is 2. The lowest BCUT2D eigenvalue weighted by Crippen LogP contribution is -2.14. The predicted octanol–water partition coefficient (Wildman–Crippen LogP) is 2.39. The van der Waals surface area contributed by atoms with Crippen LogP contribution in [0, 0.1) is 11.9 Å². The van der Waals surface area contributed by atoms with Gasteiger partial charge in [-0.25, -0.2) is 4.98 Å². The summed E-state index contributed by atoms with van der Waals surface area (Å²) in [5, 5.41) is 0. The molecule has 0 aliphatic heterocycles. The van der Waals surface area contributed by atoms with Crippen LogP contribution >= 0.6 is 15.9 Å². The fraction of sp³-hybridized carbons (Fsp3) is 0.444. The SMILES string of the molecule is N[C@H](c1cc(Br)cnc1F)C1CC1. The van der Waals surface area contributed by atoms with Crippen molar-refractivity contribution in [3.63, 3.8) is 0 Å². The van der Waals surface area contributed by atoms with E-state index >= 15 is 0 Å². The monoisotopic (exact) mass is 244 g/mol. The average Bonchev–Trinajstić information content (AvgIpc) is 2.91. The second-order valence-electron chi connectivity index (χ2n) is 3.40. The van der Waals surface area contributed by atoms with Gasteiger partial charge in [-0.2, -0.15) is 4.39 Å². The number of hydrogen-bond donors (Lipinski definition) is 1. The molecule has 0 spiro atoms. The van der Waals surface area contributed by atoms with Crippen molar-refractivity contribution >= 4 is 15.9 Å². The number of halogens is 2. The highest BCUT2D eigenvalue weighted by Crippen LogP contribution is 2.40. The van der Waals surface area contributed by atoms with Crippen LogP contribution in [0.1, 0.15) is 24.4 Å². The molecule has 1 aliphatic rings. The summed E-state index contributed by atoms with van der Waals surface area (Å²) in [5.41, 5.74) is 6.39. The molecular formula is C9H10BrFN2. The molecule has 1 fully saturated rings. The highest BCUT2D eigenvalue weighted by molar-refractivity contribution is 9.10. The first kappa shape index (κ1) is 9.09. The zero-order valence-corrected chi connectivity index (χ0v) is 8.59. The molecule has 1 atom stereocenters. The van der Waals surface area contributed by atoms with Crippen LogP contribution in [-0.4, -0.2) is 4.98 Å². The molecule has 0 aromatic carbocycles. The fourth-order valence-corrected chi connectivity index (χ4v) is 1.73. The van der Waals surface area contributed by atoms with Gasteiger partial charge in [0.05, 0.1) is 0 Å². The van der Waals surface area contributed by atoms with Gasteiger partial charge in [-0.05, 0) is 40.8 Å². The van der Waals surface area contributed by atoms with E-state index in [1.165, 1.54) is 6.20 Å². The lowest BCUT2D eigenvalue weighted by molar-refractivity contribution is 0.524. The van der Waals surface area contributed by atoms with Crippen molar-refractivity contribution in [3.05, 3.63) is 28.2 Å². The summed E-state index contributed by atoms with van der Waals surface area (Å²) in [7, 11) is 0. The highest BCUT2D eigenvalue weighted by Gasteiger charge is 2.31. The molecule has 0 amide bonds. The molecule has 2 N–H and O–H groups in total. The molecule has 13 heavy (non-hydrogen) atoms. The summed E-state index contributed by atoms with van der Waals surface area (Å²) in [6, 6.07) is 1.52. The Hall–Kier alpha value is -0.480. The third-order valence-electron chi connectivity index (χ3n) is 2.32. The second kappa shape index (κ2) is 3.35. The maximum absolute atomic E-state index is 13.2. The minimum Gasteiger partial charge on any atom is -0.324 e. The summed E-state index contributed by atoms with van der Waals surface area (Å²) in [4.78, 5) is 3.62. The maximum Gasteiger partial charge on any atom is 0.217 e. The zero-order valence-electron chi connectivity index (χ0n) is 7.00. The molecule has 0 saturated heterocycles. The number of nitrogens with two attached hydrogens (primary N) is 1. The molecule has 1 aromatic rings. The van der Waals surface area contributed by atoms with E-state index in [4.69, 9.17) is 5.73 Å². The van der Waals surface area contributed by atoms with Gasteiger partial charge in [0.1, 0.15) is 0 Å². The van der Waals surface area contributed by atoms with Crippen molar-refractivity contribution in [1.29, 1.82) is 0 Å².